The molecule has 0 atom stereocenters. The second-order valence-corrected chi connectivity index (χ2v) is 5.69. The van der Waals surface area contributed by atoms with Crippen LogP contribution in [0.15, 0.2) is 29.4 Å². The first-order chi connectivity index (χ1) is 10.2. The molecule has 2 rings (SSSR count). The van der Waals surface area contributed by atoms with E-state index >= 15 is 0 Å². The summed E-state index contributed by atoms with van der Waals surface area (Å²) in [6.45, 7) is 3.76. The summed E-state index contributed by atoms with van der Waals surface area (Å²) in [6.07, 6.45) is 0. The molecular formula is C14H18ClN3O2S. The summed E-state index contributed by atoms with van der Waals surface area (Å²) in [6, 6.07) is 7.37. The van der Waals surface area contributed by atoms with E-state index in [-0.39, 0.29) is 0 Å². The summed E-state index contributed by atoms with van der Waals surface area (Å²) < 4.78 is 12.9. The summed E-state index contributed by atoms with van der Waals surface area (Å²) >= 11 is 7.66. The highest BCUT2D eigenvalue weighted by molar-refractivity contribution is 7.99. The monoisotopic (exact) mass is 327 g/mol. The van der Waals surface area contributed by atoms with Gasteiger partial charge in [-0.15, -0.1) is 10.2 Å². The lowest BCUT2D eigenvalue weighted by Gasteiger charge is -2.07. The molecule has 0 aliphatic heterocycles. The van der Waals surface area contributed by atoms with Crippen molar-refractivity contribution in [2.45, 2.75) is 18.7 Å². The van der Waals surface area contributed by atoms with Gasteiger partial charge in [0.05, 0.1) is 11.6 Å². The van der Waals surface area contributed by atoms with Crippen LogP contribution in [0.4, 0.5) is 0 Å². The van der Waals surface area contributed by atoms with Crippen LogP contribution in [-0.4, -0.2) is 33.7 Å². The SMILES string of the molecule is CCOCCSc1nnc(COc2ccccc2Cl)n1C. The number of hydrogen-bond acceptors (Lipinski definition) is 5. The van der Waals surface area contributed by atoms with Crippen molar-refractivity contribution < 1.29 is 9.47 Å². The van der Waals surface area contributed by atoms with E-state index in [2.05, 4.69) is 10.2 Å². The standard InChI is InChI=1S/C14H18ClN3O2S/c1-3-19-8-9-21-14-17-16-13(18(14)2)10-20-12-7-5-4-6-11(12)15/h4-7H,3,8-10H2,1-2H3. The number of hydrogen-bond donors (Lipinski definition) is 0. The molecule has 0 aliphatic rings. The predicted molar refractivity (Wildman–Crippen MR) is 84.0 cm³/mol. The molecule has 2 aromatic rings. The molecule has 21 heavy (non-hydrogen) atoms. The zero-order valence-electron chi connectivity index (χ0n) is 12.1. The Kier molecular flexibility index (Phi) is 6.35. The number of halogens is 1. The van der Waals surface area contributed by atoms with Gasteiger partial charge in [-0.3, -0.25) is 0 Å². The van der Waals surface area contributed by atoms with Gasteiger partial charge in [0.2, 0.25) is 0 Å². The van der Waals surface area contributed by atoms with Gasteiger partial charge in [0.15, 0.2) is 11.0 Å². The number of aromatic nitrogens is 3. The Hall–Kier alpha value is -1.24. The Morgan fingerprint density at radius 3 is 2.86 bits per heavy atom. The van der Waals surface area contributed by atoms with Crippen molar-refractivity contribution in [3.63, 3.8) is 0 Å². The van der Waals surface area contributed by atoms with Crippen molar-refractivity contribution in [1.82, 2.24) is 14.8 Å². The molecular weight excluding hydrogens is 310 g/mol. The number of benzene rings is 1. The first-order valence-corrected chi connectivity index (χ1v) is 8.05. The minimum absolute atomic E-state index is 0.333. The minimum atomic E-state index is 0.333. The fourth-order valence-corrected chi connectivity index (χ4v) is 2.61. The second-order valence-electron chi connectivity index (χ2n) is 4.22. The molecule has 0 amide bonds. The number of thioether (sulfide) groups is 1. The van der Waals surface area contributed by atoms with Gasteiger partial charge in [-0.05, 0) is 19.1 Å². The molecule has 1 heterocycles. The third-order valence-corrected chi connectivity index (χ3v) is 4.08. The van der Waals surface area contributed by atoms with Crippen LogP contribution < -0.4 is 4.74 Å². The Bertz CT molecular complexity index is 577. The fourth-order valence-electron chi connectivity index (χ4n) is 1.64. The van der Waals surface area contributed by atoms with Gasteiger partial charge < -0.3 is 14.0 Å². The van der Waals surface area contributed by atoms with E-state index in [0.29, 0.717) is 24.0 Å². The number of rotatable bonds is 8. The van der Waals surface area contributed by atoms with Crippen LogP contribution in [0.3, 0.4) is 0 Å². The van der Waals surface area contributed by atoms with E-state index in [4.69, 9.17) is 21.1 Å². The average molecular weight is 328 g/mol. The van der Waals surface area contributed by atoms with Gasteiger partial charge in [0.1, 0.15) is 12.4 Å². The van der Waals surface area contributed by atoms with Crippen LogP contribution in [0.25, 0.3) is 0 Å². The van der Waals surface area contributed by atoms with E-state index in [1.165, 1.54) is 0 Å². The highest BCUT2D eigenvalue weighted by Crippen LogP contribution is 2.24. The lowest BCUT2D eigenvalue weighted by Crippen LogP contribution is -2.05. The van der Waals surface area contributed by atoms with E-state index in [9.17, 15) is 0 Å². The fraction of sp³-hybridized carbons (Fsp3) is 0.429. The summed E-state index contributed by atoms with van der Waals surface area (Å²) in [4.78, 5) is 0. The third-order valence-electron chi connectivity index (χ3n) is 2.78. The van der Waals surface area contributed by atoms with Gasteiger partial charge in [-0.2, -0.15) is 0 Å². The molecule has 0 saturated heterocycles. The topological polar surface area (TPSA) is 49.2 Å². The van der Waals surface area contributed by atoms with Gasteiger partial charge in [0.25, 0.3) is 0 Å². The highest BCUT2D eigenvalue weighted by Gasteiger charge is 2.10. The van der Waals surface area contributed by atoms with E-state index < -0.39 is 0 Å². The summed E-state index contributed by atoms with van der Waals surface area (Å²) in [5.41, 5.74) is 0. The largest absolute Gasteiger partial charge is 0.484 e. The Morgan fingerprint density at radius 2 is 2.10 bits per heavy atom. The van der Waals surface area contributed by atoms with E-state index in [0.717, 1.165) is 23.3 Å². The molecule has 0 radical (unpaired) electrons. The normalized spacial score (nSPS) is 10.8. The van der Waals surface area contributed by atoms with Crippen LogP contribution in [0, 0.1) is 0 Å². The first kappa shape index (κ1) is 16.1. The van der Waals surface area contributed by atoms with E-state index in [1.54, 1.807) is 17.8 Å². The molecule has 114 valence electrons. The van der Waals surface area contributed by atoms with Crippen LogP contribution in [0.1, 0.15) is 12.7 Å². The zero-order valence-corrected chi connectivity index (χ0v) is 13.7. The van der Waals surface area contributed by atoms with Crippen molar-refractivity contribution >= 4 is 23.4 Å². The summed E-state index contributed by atoms with van der Waals surface area (Å²) in [5, 5.41) is 9.74. The van der Waals surface area contributed by atoms with Gasteiger partial charge in [-0.1, -0.05) is 35.5 Å². The van der Waals surface area contributed by atoms with Crippen molar-refractivity contribution in [3.05, 3.63) is 35.1 Å². The maximum absolute atomic E-state index is 6.05. The second kappa shape index (κ2) is 8.26. The molecule has 0 saturated carbocycles. The van der Waals surface area contributed by atoms with Crippen LogP contribution in [0.2, 0.25) is 5.02 Å². The van der Waals surface area contributed by atoms with E-state index in [1.807, 2.05) is 36.7 Å². The van der Waals surface area contributed by atoms with Gasteiger partial charge >= 0.3 is 0 Å². The van der Waals surface area contributed by atoms with Crippen molar-refractivity contribution in [2.75, 3.05) is 19.0 Å². The molecule has 7 heteroatoms. The predicted octanol–water partition coefficient (Wildman–Crippen LogP) is 3.18. The zero-order chi connectivity index (χ0) is 15.1. The number of para-hydroxylation sites is 1. The Morgan fingerprint density at radius 1 is 1.29 bits per heavy atom. The van der Waals surface area contributed by atoms with Crippen LogP contribution in [-0.2, 0) is 18.4 Å². The molecule has 0 N–H and O–H groups in total. The maximum atomic E-state index is 6.05. The van der Waals surface area contributed by atoms with Crippen LogP contribution in [0.5, 0.6) is 5.75 Å². The third kappa shape index (κ3) is 4.62. The first-order valence-electron chi connectivity index (χ1n) is 6.68. The summed E-state index contributed by atoms with van der Waals surface area (Å²) in [5.74, 6) is 2.26. The minimum Gasteiger partial charge on any atom is -0.484 e. The lowest BCUT2D eigenvalue weighted by molar-refractivity contribution is 0.164. The molecule has 0 spiro atoms. The molecule has 0 bridgehead atoms. The quantitative estimate of drug-likeness (QED) is 0.550. The molecule has 1 aromatic heterocycles. The highest BCUT2D eigenvalue weighted by atomic mass is 35.5. The lowest BCUT2D eigenvalue weighted by atomic mass is 10.3. The Labute approximate surface area is 133 Å². The average Bonchev–Trinajstić information content (AvgIpc) is 2.84. The van der Waals surface area contributed by atoms with Crippen molar-refractivity contribution in [1.29, 1.82) is 0 Å². The number of ether oxygens (including phenoxy) is 2. The van der Waals surface area contributed by atoms with Crippen molar-refractivity contribution in [2.24, 2.45) is 7.05 Å². The van der Waals surface area contributed by atoms with Crippen molar-refractivity contribution in [3.8, 4) is 5.75 Å². The Balaban J connectivity index is 1.90. The number of nitrogens with zero attached hydrogens (tertiary/aromatic N) is 3. The molecule has 5 nitrogen and oxygen atoms in total. The molecule has 1 aromatic carbocycles. The van der Waals surface area contributed by atoms with Crippen LogP contribution >= 0.6 is 23.4 Å². The smallest absolute Gasteiger partial charge is 0.191 e. The summed E-state index contributed by atoms with van der Waals surface area (Å²) in [7, 11) is 1.92. The van der Waals surface area contributed by atoms with Gasteiger partial charge in [0, 0.05) is 19.4 Å². The molecule has 0 unspecified atom stereocenters. The molecule has 0 aliphatic carbocycles. The maximum Gasteiger partial charge on any atom is 0.191 e. The van der Waals surface area contributed by atoms with Gasteiger partial charge in [-0.25, -0.2) is 0 Å². The molecule has 0 fully saturated rings.